The second-order valence-corrected chi connectivity index (χ2v) is 11.2. The van der Waals surface area contributed by atoms with Crippen molar-refractivity contribution < 1.29 is 9.59 Å². The summed E-state index contributed by atoms with van der Waals surface area (Å²) in [6, 6.07) is 18.8. The maximum absolute atomic E-state index is 13.7. The first-order valence-corrected chi connectivity index (χ1v) is 14.2. The Morgan fingerprint density at radius 2 is 1.82 bits per heavy atom. The fourth-order valence-corrected chi connectivity index (χ4v) is 5.74. The molecule has 6 N–H and O–H groups in total. The van der Waals surface area contributed by atoms with E-state index in [-0.39, 0.29) is 29.9 Å². The number of aryl methyl sites for hydroxylation is 1. The predicted molar refractivity (Wildman–Crippen MR) is 161 cm³/mol. The summed E-state index contributed by atoms with van der Waals surface area (Å²) in [7, 11) is 0. The summed E-state index contributed by atoms with van der Waals surface area (Å²) in [6.45, 7) is 5.32. The Morgan fingerprint density at radius 1 is 1.07 bits per heavy atom. The van der Waals surface area contributed by atoms with Crippen LogP contribution in [0.25, 0.3) is 10.8 Å². The van der Waals surface area contributed by atoms with Gasteiger partial charge in [0.05, 0.1) is 12.5 Å². The first-order chi connectivity index (χ1) is 19.1. The number of fused-ring (bicyclic) bond motifs is 1. The van der Waals surface area contributed by atoms with Gasteiger partial charge in [-0.2, -0.15) is 0 Å². The van der Waals surface area contributed by atoms with E-state index >= 15 is 0 Å². The van der Waals surface area contributed by atoms with Crippen LogP contribution in [0.1, 0.15) is 36.5 Å². The van der Waals surface area contributed by atoms with Crippen LogP contribution in [0.15, 0.2) is 60.7 Å². The number of hydrogen-bond donors (Lipinski definition) is 4. The average molecular weight is 563 g/mol. The van der Waals surface area contributed by atoms with Crippen LogP contribution in [0.3, 0.4) is 0 Å². The zero-order chi connectivity index (χ0) is 28.8. The van der Waals surface area contributed by atoms with Gasteiger partial charge in [0.2, 0.25) is 11.8 Å². The highest BCUT2D eigenvalue weighted by Crippen LogP contribution is 2.24. The van der Waals surface area contributed by atoms with Gasteiger partial charge in [-0.05, 0) is 72.7 Å². The molecule has 4 rings (SSSR count). The Morgan fingerprint density at radius 3 is 2.55 bits per heavy atom. The van der Waals surface area contributed by atoms with E-state index in [1.165, 1.54) is 0 Å². The molecule has 1 heterocycles. The van der Waals surface area contributed by atoms with Gasteiger partial charge in [0, 0.05) is 36.7 Å². The molecule has 0 saturated carbocycles. The van der Waals surface area contributed by atoms with E-state index in [4.69, 9.17) is 28.5 Å². The lowest BCUT2D eigenvalue weighted by Crippen LogP contribution is -2.63. The van der Waals surface area contributed by atoms with Crippen LogP contribution >= 0.6 is 11.6 Å². The molecular weight excluding hydrogens is 524 g/mol. The van der Waals surface area contributed by atoms with Crippen molar-refractivity contribution in [1.82, 2.24) is 15.1 Å². The molecule has 0 unspecified atom stereocenters. The van der Waals surface area contributed by atoms with E-state index < -0.39 is 6.04 Å². The van der Waals surface area contributed by atoms with Crippen molar-refractivity contribution in [2.45, 2.75) is 57.7 Å². The minimum atomic E-state index is -0.704. The zero-order valence-corrected chi connectivity index (χ0v) is 24.0. The fourth-order valence-electron chi connectivity index (χ4n) is 5.51. The van der Waals surface area contributed by atoms with Crippen molar-refractivity contribution in [2.75, 3.05) is 19.6 Å². The van der Waals surface area contributed by atoms with Gasteiger partial charge < -0.3 is 26.6 Å². The first-order valence-electron chi connectivity index (χ1n) is 13.8. The molecule has 1 aliphatic rings. The second kappa shape index (κ2) is 13.2. The third-order valence-electron chi connectivity index (χ3n) is 7.71. The molecule has 1 fully saturated rings. The van der Waals surface area contributed by atoms with Crippen molar-refractivity contribution in [2.24, 2.45) is 11.5 Å². The van der Waals surface area contributed by atoms with Gasteiger partial charge in [-0.1, -0.05) is 60.1 Å². The molecule has 0 aliphatic carbocycles. The van der Waals surface area contributed by atoms with Gasteiger partial charge in [-0.25, -0.2) is 0 Å². The number of nitrogens with two attached hydrogens (primary N) is 2. The van der Waals surface area contributed by atoms with Gasteiger partial charge in [0.1, 0.15) is 0 Å². The highest BCUT2D eigenvalue weighted by atomic mass is 35.5. The molecule has 3 atom stereocenters. The van der Waals surface area contributed by atoms with E-state index in [1.54, 1.807) is 0 Å². The normalized spacial score (nSPS) is 18.0. The van der Waals surface area contributed by atoms with Gasteiger partial charge in [0.15, 0.2) is 5.96 Å². The van der Waals surface area contributed by atoms with Crippen molar-refractivity contribution in [3.63, 3.8) is 0 Å². The Labute approximate surface area is 241 Å². The topological polar surface area (TPSA) is 129 Å². The van der Waals surface area contributed by atoms with Crippen molar-refractivity contribution >= 4 is 40.1 Å². The molecule has 0 radical (unpaired) electrons. The van der Waals surface area contributed by atoms with E-state index in [1.807, 2.05) is 66.1 Å². The summed E-state index contributed by atoms with van der Waals surface area (Å²) < 4.78 is 0. The lowest BCUT2D eigenvalue weighted by molar-refractivity contribution is -0.147. The Hall–Kier alpha value is -3.62. The van der Waals surface area contributed by atoms with E-state index in [2.05, 4.69) is 23.5 Å². The van der Waals surface area contributed by atoms with Crippen LogP contribution in [0.4, 0.5) is 0 Å². The third kappa shape index (κ3) is 7.31. The molecule has 8 nitrogen and oxygen atoms in total. The number of halogens is 1. The number of guanidine groups is 1. The summed E-state index contributed by atoms with van der Waals surface area (Å²) in [5.41, 5.74) is 14.9. The number of hydrogen-bond acceptors (Lipinski definition) is 4. The van der Waals surface area contributed by atoms with Gasteiger partial charge in [-0.3, -0.25) is 15.0 Å². The van der Waals surface area contributed by atoms with Crippen LogP contribution < -0.4 is 16.8 Å². The van der Waals surface area contributed by atoms with Crippen LogP contribution in [0, 0.1) is 12.3 Å². The molecule has 1 aliphatic heterocycles. The molecule has 3 aromatic rings. The van der Waals surface area contributed by atoms with Crippen molar-refractivity contribution in [3.05, 3.63) is 82.4 Å². The maximum atomic E-state index is 13.7. The Kier molecular flexibility index (Phi) is 9.66. The lowest BCUT2D eigenvalue weighted by atomic mass is 9.97. The van der Waals surface area contributed by atoms with Gasteiger partial charge >= 0.3 is 0 Å². The van der Waals surface area contributed by atoms with E-state index in [0.29, 0.717) is 50.3 Å². The Bertz CT molecular complexity index is 1380. The second-order valence-electron chi connectivity index (χ2n) is 10.8. The minimum Gasteiger partial charge on any atom is -0.370 e. The predicted octanol–water partition coefficient (Wildman–Crippen LogP) is 3.61. The van der Waals surface area contributed by atoms with Crippen LogP contribution in [-0.2, 0) is 22.4 Å². The van der Waals surface area contributed by atoms with Crippen LogP contribution in [0.2, 0.25) is 5.02 Å². The average Bonchev–Trinajstić information content (AvgIpc) is 2.92. The maximum Gasteiger partial charge on any atom is 0.240 e. The summed E-state index contributed by atoms with van der Waals surface area (Å²) in [5.74, 6) is -0.159. The monoisotopic (exact) mass is 562 g/mol. The largest absolute Gasteiger partial charge is 0.370 e. The summed E-state index contributed by atoms with van der Waals surface area (Å²) in [4.78, 5) is 31.0. The number of piperazine rings is 1. The highest BCUT2D eigenvalue weighted by Gasteiger charge is 2.37. The highest BCUT2D eigenvalue weighted by molar-refractivity contribution is 6.30. The van der Waals surface area contributed by atoms with Crippen LogP contribution in [0.5, 0.6) is 0 Å². The molecule has 3 aromatic carbocycles. The Balaban J connectivity index is 1.47. The van der Waals surface area contributed by atoms with Crippen molar-refractivity contribution in [3.8, 4) is 0 Å². The molecule has 1 saturated heterocycles. The smallest absolute Gasteiger partial charge is 0.240 e. The van der Waals surface area contributed by atoms with Crippen LogP contribution in [-0.4, -0.2) is 65.3 Å². The molecule has 0 aromatic heterocycles. The lowest BCUT2D eigenvalue weighted by Gasteiger charge is -2.46. The standard InChI is InChI=1S/C31H39ClN6O2/c1-20-14-26(32)12-11-24(20)17-28(33)30(40)38-18-21(2)37(19-27(38)8-5-13-36-31(34)35)29(39)16-22-9-10-23-6-3-4-7-25(23)15-22/h3-4,6-7,9-12,14-15,21,27-28H,5,8,13,16-19,33H2,1-2H3,(H4,34,35,36)/t21-,27+,28-/m1/s1. The minimum absolute atomic E-state index is 0.0443. The fraction of sp³-hybridized carbons (Fsp3) is 0.387. The number of benzene rings is 3. The molecule has 212 valence electrons. The molecular formula is C31H39ClN6O2. The number of carbonyl (C=O) groups excluding carboxylic acids is 2. The number of nitrogens with zero attached hydrogens (tertiary/aromatic N) is 2. The third-order valence-corrected chi connectivity index (χ3v) is 7.94. The number of amides is 2. The quantitative estimate of drug-likeness (QED) is 0.180. The number of carbonyl (C=O) groups is 2. The zero-order valence-electron chi connectivity index (χ0n) is 23.2. The molecule has 2 amide bonds. The SMILES string of the molecule is Cc1cc(Cl)ccc1C[C@@H](N)C(=O)N1C[C@@H](C)N(C(=O)Cc2ccc3ccccc3c2)C[C@@H]1CCCNC(=N)N. The first kappa shape index (κ1) is 29.4. The van der Waals surface area contributed by atoms with E-state index in [9.17, 15) is 9.59 Å². The summed E-state index contributed by atoms with van der Waals surface area (Å²) in [6.07, 6.45) is 2.07. The summed E-state index contributed by atoms with van der Waals surface area (Å²) in [5, 5.41) is 13.1. The molecule has 0 spiro atoms. The molecule has 40 heavy (non-hydrogen) atoms. The summed E-state index contributed by atoms with van der Waals surface area (Å²) >= 11 is 6.10. The number of nitrogens with one attached hydrogen (secondary N) is 2. The van der Waals surface area contributed by atoms with Crippen molar-refractivity contribution in [1.29, 1.82) is 5.41 Å². The van der Waals surface area contributed by atoms with E-state index in [0.717, 1.165) is 27.5 Å². The molecule has 0 bridgehead atoms. The molecule has 9 heteroatoms. The number of rotatable bonds is 9. The van der Waals surface area contributed by atoms with Gasteiger partial charge in [-0.15, -0.1) is 0 Å². The van der Waals surface area contributed by atoms with Gasteiger partial charge in [0.25, 0.3) is 0 Å².